The number of benzene rings is 1. The number of esters is 1. The first-order valence-corrected chi connectivity index (χ1v) is 9.95. The monoisotopic (exact) mass is 416 g/mol. The molecule has 0 aromatic heterocycles. The van der Waals surface area contributed by atoms with Gasteiger partial charge in [0.05, 0.1) is 31.7 Å². The summed E-state index contributed by atoms with van der Waals surface area (Å²) in [5, 5.41) is 2.59. The number of rotatable bonds is 7. The zero-order chi connectivity index (χ0) is 21.4. The first-order chi connectivity index (χ1) is 14.4. The standard InChI is InChI=1S/C21H24N2O7/c1-28-13-5-6-15(29-2)14(8-13)22-16(24)10-30-17(25)9-23-20(26)18-11-3-4-12(7-11)19(18)21(23)27/h5-6,8,11-12,18-19H,3-4,7,9-10H2,1-2H3,(H,22,24)/t11-,12+,18-,19-/m0/s1. The van der Waals surface area contributed by atoms with Gasteiger partial charge in [0, 0.05) is 6.07 Å². The third kappa shape index (κ3) is 3.48. The molecule has 3 fully saturated rings. The maximum Gasteiger partial charge on any atom is 0.326 e. The molecule has 1 aromatic carbocycles. The molecule has 1 saturated heterocycles. The van der Waals surface area contributed by atoms with Gasteiger partial charge in [0.1, 0.15) is 18.0 Å². The molecular weight excluding hydrogens is 392 g/mol. The lowest BCUT2D eigenvalue weighted by Gasteiger charge is -2.19. The lowest BCUT2D eigenvalue weighted by molar-refractivity contribution is -0.154. The Morgan fingerprint density at radius 1 is 1.07 bits per heavy atom. The number of imide groups is 1. The Balaban J connectivity index is 1.31. The first kappa shape index (κ1) is 20.2. The molecule has 30 heavy (non-hydrogen) atoms. The summed E-state index contributed by atoms with van der Waals surface area (Å²) >= 11 is 0. The van der Waals surface area contributed by atoms with Crippen molar-refractivity contribution >= 4 is 29.4 Å². The fourth-order valence-corrected chi connectivity index (χ4v) is 5.05. The average molecular weight is 416 g/mol. The van der Waals surface area contributed by atoms with Gasteiger partial charge in [-0.1, -0.05) is 0 Å². The van der Waals surface area contributed by atoms with Crippen molar-refractivity contribution in [3.8, 4) is 11.5 Å². The van der Waals surface area contributed by atoms with Crippen molar-refractivity contribution in [1.82, 2.24) is 4.90 Å². The van der Waals surface area contributed by atoms with Crippen LogP contribution in [0.3, 0.4) is 0 Å². The molecule has 2 bridgehead atoms. The van der Waals surface area contributed by atoms with E-state index in [1.165, 1.54) is 14.2 Å². The molecular formula is C21H24N2O7. The van der Waals surface area contributed by atoms with E-state index in [2.05, 4.69) is 5.32 Å². The minimum Gasteiger partial charge on any atom is -0.497 e. The van der Waals surface area contributed by atoms with E-state index in [4.69, 9.17) is 14.2 Å². The van der Waals surface area contributed by atoms with Gasteiger partial charge in [-0.3, -0.25) is 24.1 Å². The van der Waals surface area contributed by atoms with Gasteiger partial charge in [0.15, 0.2) is 6.61 Å². The molecule has 3 aliphatic rings. The fraction of sp³-hybridized carbons (Fsp3) is 0.524. The van der Waals surface area contributed by atoms with Crippen molar-refractivity contribution in [2.24, 2.45) is 23.7 Å². The summed E-state index contributed by atoms with van der Waals surface area (Å²) in [4.78, 5) is 50.6. The second-order valence-corrected chi connectivity index (χ2v) is 7.92. The Kier molecular flexibility index (Phi) is 5.36. The molecule has 0 spiro atoms. The summed E-state index contributed by atoms with van der Waals surface area (Å²) < 4.78 is 15.3. The highest BCUT2D eigenvalue weighted by Gasteiger charge is 2.61. The van der Waals surface area contributed by atoms with E-state index in [1.54, 1.807) is 18.2 Å². The normalized spacial score (nSPS) is 26.5. The van der Waals surface area contributed by atoms with Gasteiger partial charge < -0.3 is 19.5 Å². The van der Waals surface area contributed by atoms with Crippen LogP contribution in [0.15, 0.2) is 18.2 Å². The molecule has 1 N–H and O–H groups in total. The van der Waals surface area contributed by atoms with Crippen LogP contribution in [0.25, 0.3) is 0 Å². The van der Waals surface area contributed by atoms with Crippen molar-refractivity contribution in [3.05, 3.63) is 18.2 Å². The van der Waals surface area contributed by atoms with Crippen molar-refractivity contribution in [2.75, 3.05) is 32.7 Å². The number of fused-ring (bicyclic) bond motifs is 5. The van der Waals surface area contributed by atoms with E-state index in [1.807, 2.05) is 0 Å². The Labute approximate surface area is 173 Å². The quantitative estimate of drug-likeness (QED) is 0.525. The summed E-state index contributed by atoms with van der Waals surface area (Å²) in [5.41, 5.74) is 0.367. The highest BCUT2D eigenvalue weighted by Crippen LogP contribution is 2.56. The number of carbonyl (C=O) groups excluding carboxylic acids is 4. The van der Waals surface area contributed by atoms with Gasteiger partial charge >= 0.3 is 5.97 Å². The number of nitrogens with one attached hydrogen (secondary N) is 1. The topological polar surface area (TPSA) is 111 Å². The molecule has 1 aliphatic heterocycles. The average Bonchev–Trinajstić information content (AvgIpc) is 3.42. The van der Waals surface area contributed by atoms with E-state index in [-0.39, 0.29) is 35.5 Å². The highest BCUT2D eigenvalue weighted by atomic mass is 16.5. The zero-order valence-corrected chi connectivity index (χ0v) is 16.9. The van der Waals surface area contributed by atoms with Crippen molar-refractivity contribution in [3.63, 3.8) is 0 Å². The Bertz CT molecular complexity index is 871. The molecule has 0 radical (unpaired) electrons. The molecule has 160 valence electrons. The van der Waals surface area contributed by atoms with Crippen LogP contribution in [-0.4, -0.2) is 56.0 Å². The van der Waals surface area contributed by atoms with E-state index >= 15 is 0 Å². The smallest absolute Gasteiger partial charge is 0.326 e. The molecule has 2 saturated carbocycles. The molecule has 4 atom stereocenters. The van der Waals surface area contributed by atoms with Gasteiger partial charge in [-0.15, -0.1) is 0 Å². The van der Waals surface area contributed by atoms with Crippen LogP contribution in [0, 0.1) is 23.7 Å². The highest BCUT2D eigenvalue weighted by molar-refractivity contribution is 6.08. The number of methoxy groups -OCH3 is 2. The van der Waals surface area contributed by atoms with E-state index in [9.17, 15) is 19.2 Å². The number of anilines is 1. The van der Waals surface area contributed by atoms with E-state index < -0.39 is 25.0 Å². The van der Waals surface area contributed by atoms with Crippen LogP contribution in [0.5, 0.6) is 11.5 Å². The van der Waals surface area contributed by atoms with Crippen molar-refractivity contribution in [1.29, 1.82) is 0 Å². The maximum absolute atomic E-state index is 12.6. The summed E-state index contributed by atoms with van der Waals surface area (Å²) in [5.74, 6) is -1.05. The third-order valence-electron chi connectivity index (χ3n) is 6.35. The van der Waals surface area contributed by atoms with Crippen molar-refractivity contribution < 1.29 is 33.4 Å². The second kappa shape index (κ2) is 7.97. The maximum atomic E-state index is 12.6. The fourth-order valence-electron chi connectivity index (χ4n) is 5.05. The first-order valence-electron chi connectivity index (χ1n) is 9.95. The molecule has 0 unspecified atom stereocenters. The van der Waals surface area contributed by atoms with Crippen LogP contribution < -0.4 is 14.8 Å². The van der Waals surface area contributed by atoms with Crippen LogP contribution >= 0.6 is 0 Å². The molecule has 1 aromatic rings. The van der Waals surface area contributed by atoms with E-state index in [0.717, 1.165) is 24.2 Å². The number of likely N-dealkylation sites (tertiary alicyclic amines) is 1. The minimum atomic E-state index is -0.795. The summed E-state index contributed by atoms with van der Waals surface area (Å²) in [6, 6.07) is 4.89. The summed E-state index contributed by atoms with van der Waals surface area (Å²) in [6.45, 7) is -1.01. The molecule has 4 rings (SSSR count). The van der Waals surface area contributed by atoms with Crippen molar-refractivity contribution in [2.45, 2.75) is 19.3 Å². The van der Waals surface area contributed by atoms with Gasteiger partial charge in [-0.25, -0.2) is 0 Å². The van der Waals surface area contributed by atoms with E-state index in [0.29, 0.717) is 17.2 Å². The number of ether oxygens (including phenoxy) is 3. The molecule has 1 heterocycles. The van der Waals surface area contributed by atoms with Gasteiger partial charge in [0.2, 0.25) is 11.8 Å². The molecule has 2 aliphatic carbocycles. The number of hydrogen-bond donors (Lipinski definition) is 1. The number of nitrogens with zero attached hydrogens (tertiary/aromatic N) is 1. The predicted molar refractivity (Wildman–Crippen MR) is 104 cm³/mol. The number of carbonyl (C=O) groups is 4. The third-order valence-corrected chi connectivity index (χ3v) is 6.35. The lowest BCUT2D eigenvalue weighted by atomic mass is 9.81. The molecule has 9 nitrogen and oxygen atoms in total. The van der Waals surface area contributed by atoms with Gasteiger partial charge in [-0.2, -0.15) is 0 Å². The largest absolute Gasteiger partial charge is 0.497 e. The second-order valence-electron chi connectivity index (χ2n) is 7.92. The number of hydrogen-bond acceptors (Lipinski definition) is 7. The Morgan fingerprint density at radius 2 is 1.73 bits per heavy atom. The van der Waals surface area contributed by atoms with Crippen LogP contribution in [-0.2, 0) is 23.9 Å². The predicted octanol–water partition coefficient (Wildman–Crippen LogP) is 1.22. The number of amides is 3. The lowest BCUT2D eigenvalue weighted by Crippen LogP contribution is -2.38. The summed E-state index contributed by atoms with van der Waals surface area (Å²) in [6.07, 6.45) is 2.87. The van der Waals surface area contributed by atoms with Crippen LogP contribution in [0.1, 0.15) is 19.3 Å². The van der Waals surface area contributed by atoms with Gasteiger partial charge in [-0.05, 0) is 43.2 Å². The minimum absolute atomic E-state index is 0.251. The van der Waals surface area contributed by atoms with Crippen LogP contribution in [0.2, 0.25) is 0 Å². The summed E-state index contributed by atoms with van der Waals surface area (Å²) in [7, 11) is 2.96. The SMILES string of the molecule is COc1ccc(OC)c(NC(=O)COC(=O)CN2C(=O)[C@H]3[C@@H]4CC[C@@H](C4)[C@@H]3C2=O)c1. The zero-order valence-electron chi connectivity index (χ0n) is 16.9. The van der Waals surface area contributed by atoms with Gasteiger partial charge in [0.25, 0.3) is 5.91 Å². The Morgan fingerprint density at radius 3 is 2.33 bits per heavy atom. The van der Waals surface area contributed by atoms with Crippen LogP contribution in [0.4, 0.5) is 5.69 Å². The Hall–Kier alpha value is -3.10. The molecule has 3 amide bonds. The molecule has 9 heteroatoms.